The first-order valence-electron chi connectivity index (χ1n) is 4.58. The van der Waals surface area contributed by atoms with Gasteiger partial charge in [-0.25, -0.2) is 0 Å². The molecule has 2 rings (SSSR count). The van der Waals surface area contributed by atoms with Gasteiger partial charge < -0.3 is 5.32 Å². The molecule has 0 saturated carbocycles. The van der Waals surface area contributed by atoms with Gasteiger partial charge in [-0.15, -0.1) is 11.3 Å². The minimum atomic E-state index is 0.574. The van der Waals surface area contributed by atoms with Crippen molar-refractivity contribution in [1.29, 1.82) is 0 Å². The molecule has 0 atom stereocenters. The van der Waals surface area contributed by atoms with Crippen molar-refractivity contribution in [3.05, 3.63) is 32.5 Å². The highest BCUT2D eigenvalue weighted by atomic mass is 35.5. The number of thiophene rings is 1. The Bertz CT molecular complexity index is 338. The lowest BCUT2D eigenvalue weighted by Crippen LogP contribution is -2.25. The molecular weight excluding hydrogens is 237 g/mol. The minimum Gasteiger partial charge on any atom is -0.309 e. The van der Waals surface area contributed by atoms with Crippen LogP contribution in [0.25, 0.3) is 0 Å². The maximum absolute atomic E-state index is 6.01. The predicted octanol–water partition coefficient (Wildman–Crippen LogP) is 3.86. The highest BCUT2D eigenvalue weighted by molar-refractivity contribution is 7.20. The number of halogens is 2. The zero-order valence-corrected chi connectivity index (χ0v) is 9.92. The van der Waals surface area contributed by atoms with E-state index in [9.17, 15) is 0 Å². The van der Waals surface area contributed by atoms with E-state index in [1.165, 1.54) is 11.3 Å². The van der Waals surface area contributed by atoms with Gasteiger partial charge in [0.05, 0.1) is 8.67 Å². The van der Waals surface area contributed by atoms with Crippen LogP contribution in [0.15, 0.2) is 18.2 Å². The number of nitrogens with one attached hydrogen (secondary N) is 1. The highest BCUT2D eigenvalue weighted by Crippen LogP contribution is 2.31. The van der Waals surface area contributed by atoms with Crippen LogP contribution >= 0.6 is 34.5 Å². The van der Waals surface area contributed by atoms with Gasteiger partial charge in [0.15, 0.2) is 0 Å². The van der Waals surface area contributed by atoms with Crippen molar-refractivity contribution in [2.75, 3.05) is 0 Å². The van der Waals surface area contributed by atoms with Gasteiger partial charge in [-0.1, -0.05) is 35.4 Å². The van der Waals surface area contributed by atoms with Crippen LogP contribution in [0, 0.1) is 0 Å². The average molecular weight is 248 g/mol. The van der Waals surface area contributed by atoms with Crippen molar-refractivity contribution < 1.29 is 0 Å². The summed E-state index contributed by atoms with van der Waals surface area (Å²) in [5.41, 5.74) is 1.11. The largest absolute Gasteiger partial charge is 0.309 e. The van der Waals surface area contributed by atoms with E-state index in [0.29, 0.717) is 6.04 Å². The van der Waals surface area contributed by atoms with Gasteiger partial charge in [0.25, 0.3) is 0 Å². The van der Waals surface area contributed by atoms with Crippen molar-refractivity contribution in [3.63, 3.8) is 0 Å². The van der Waals surface area contributed by atoms with Gasteiger partial charge in [0.2, 0.25) is 0 Å². The fourth-order valence-corrected chi connectivity index (χ4v) is 3.02. The Labute approximate surface area is 97.7 Å². The normalized spacial score (nSPS) is 16.7. The van der Waals surface area contributed by atoms with Gasteiger partial charge in [0, 0.05) is 12.6 Å². The maximum Gasteiger partial charge on any atom is 0.0989 e. The van der Waals surface area contributed by atoms with Crippen LogP contribution in [0.3, 0.4) is 0 Å². The molecule has 1 aliphatic rings. The lowest BCUT2D eigenvalue weighted by atomic mass is 10.2. The van der Waals surface area contributed by atoms with Crippen molar-refractivity contribution in [1.82, 2.24) is 5.32 Å². The molecule has 0 amide bonds. The van der Waals surface area contributed by atoms with E-state index in [1.54, 1.807) is 0 Å². The molecule has 1 heterocycles. The Morgan fingerprint density at radius 2 is 2.07 bits per heavy atom. The summed E-state index contributed by atoms with van der Waals surface area (Å²) in [4.78, 5) is 0. The molecule has 0 radical (unpaired) electrons. The van der Waals surface area contributed by atoms with E-state index in [0.717, 1.165) is 33.6 Å². The minimum absolute atomic E-state index is 0.574. The maximum atomic E-state index is 6.01. The summed E-state index contributed by atoms with van der Waals surface area (Å²) >= 11 is 13.3. The first-order valence-corrected chi connectivity index (χ1v) is 6.15. The van der Waals surface area contributed by atoms with E-state index in [1.807, 2.05) is 6.07 Å². The second-order valence-electron chi connectivity index (χ2n) is 3.37. The van der Waals surface area contributed by atoms with E-state index in [2.05, 4.69) is 17.5 Å². The molecule has 0 spiro atoms. The quantitative estimate of drug-likeness (QED) is 0.801. The van der Waals surface area contributed by atoms with E-state index >= 15 is 0 Å². The molecule has 1 nitrogen and oxygen atoms in total. The molecule has 0 fully saturated rings. The lowest BCUT2D eigenvalue weighted by molar-refractivity contribution is 0.539. The molecule has 0 aliphatic heterocycles. The van der Waals surface area contributed by atoms with Crippen molar-refractivity contribution >= 4 is 34.5 Å². The van der Waals surface area contributed by atoms with Gasteiger partial charge in [-0.2, -0.15) is 0 Å². The van der Waals surface area contributed by atoms with Gasteiger partial charge in [0.1, 0.15) is 0 Å². The summed E-state index contributed by atoms with van der Waals surface area (Å²) in [6.07, 6.45) is 6.66. The standard InChI is InChI=1S/C10H11Cl2NS/c11-9-5-7(10(12)14-9)6-13-8-3-1-2-4-8/h1-2,5,8,13H,3-4,6H2. The SMILES string of the molecule is Clc1cc(CNC2CC=CC2)c(Cl)s1. The van der Waals surface area contributed by atoms with Crippen LogP contribution in [-0.4, -0.2) is 6.04 Å². The number of rotatable bonds is 3. The van der Waals surface area contributed by atoms with Crippen LogP contribution in [-0.2, 0) is 6.54 Å². The van der Waals surface area contributed by atoms with Crippen LogP contribution < -0.4 is 5.32 Å². The fourth-order valence-electron chi connectivity index (χ4n) is 1.53. The third-order valence-electron chi connectivity index (χ3n) is 2.32. The average Bonchev–Trinajstić information content (AvgIpc) is 2.72. The van der Waals surface area contributed by atoms with Gasteiger partial charge >= 0.3 is 0 Å². The van der Waals surface area contributed by atoms with Gasteiger partial charge in [-0.05, 0) is 24.5 Å². The van der Waals surface area contributed by atoms with Crippen molar-refractivity contribution in [2.45, 2.75) is 25.4 Å². The second kappa shape index (κ2) is 4.67. The zero-order valence-electron chi connectivity index (χ0n) is 7.59. The molecule has 76 valence electrons. The Kier molecular flexibility index (Phi) is 3.50. The Morgan fingerprint density at radius 3 is 2.64 bits per heavy atom. The van der Waals surface area contributed by atoms with Crippen LogP contribution in [0.1, 0.15) is 18.4 Å². The molecule has 1 aliphatic carbocycles. The molecule has 14 heavy (non-hydrogen) atoms. The number of hydrogen-bond acceptors (Lipinski definition) is 2. The van der Waals surface area contributed by atoms with Crippen LogP contribution in [0.4, 0.5) is 0 Å². The second-order valence-corrected chi connectivity index (χ2v) is 5.66. The van der Waals surface area contributed by atoms with Crippen LogP contribution in [0.2, 0.25) is 8.67 Å². The molecule has 4 heteroatoms. The van der Waals surface area contributed by atoms with Crippen LogP contribution in [0.5, 0.6) is 0 Å². The lowest BCUT2D eigenvalue weighted by Gasteiger charge is -2.10. The molecule has 1 aromatic rings. The Balaban J connectivity index is 1.88. The van der Waals surface area contributed by atoms with E-state index in [-0.39, 0.29) is 0 Å². The van der Waals surface area contributed by atoms with Gasteiger partial charge in [-0.3, -0.25) is 0 Å². The molecule has 0 bridgehead atoms. The first-order chi connectivity index (χ1) is 6.75. The highest BCUT2D eigenvalue weighted by Gasteiger charge is 2.11. The summed E-state index contributed by atoms with van der Waals surface area (Å²) < 4.78 is 1.56. The smallest absolute Gasteiger partial charge is 0.0989 e. The third kappa shape index (κ3) is 2.51. The third-order valence-corrected chi connectivity index (χ3v) is 3.89. The molecule has 0 saturated heterocycles. The topological polar surface area (TPSA) is 12.0 Å². The summed E-state index contributed by atoms with van der Waals surface area (Å²) in [5.74, 6) is 0. The predicted molar refractivity (Wildman–Crippen MR) is 63.3 cm³/mol. The Morgan fingerprint density at radius 1 is 1.36 bits per heavy atom. The van der Waals surface area contributed by atoms with Crippen molar-refractivity contribution in [2.24, 2.45) is 0 Å². The summed E-state index contributed by atoms with van der Waals surface area (Å²) in [6.45, 7) is 0.814. The van der Waals surface area contributed by atoms with E-state index < -0.39 is 0 Å². The number of hydrogen-bond donors (Lipinski definition) is 1. The molecule has 0 unspecified atom stereocenters. The summed E-state index contributed by atoms with van der Waals surface area (Å²) in [6, 6.07) is 2.51. The monoisotopic (exact) mass is 247 g/mol. The summed E-state index contributed by atoms with van der Waals surface area (Å²) in [5, 5.41) is 3.45. The molecule has 1 N–H and O–H groups in total. The summed E-state index contributed by atoms with van der Waals surface area (Å²) in [7, 11) is 0. The fraction of sp³-hybridized carbons (Fsp3) is 0.400. The molecular formula is C10H11Cl2NS. The molecule has 0 aromatic carbocycles. The first kappa shape index (κ1) is 10.5. The van der Waals surface area contributed by atoms with E-state index in [4.69, 9.17) is 23.2 Å². The Hall–Kier alpha value is -0.0200. The zero-order chi connectivity index (χ0) is 9.97. The molecule has 1 aromatic heterocycles. The van der Waals surface area contributed by atoms with Crippen molar-refractivity contribution in [3.8, 4) is 0 Å².